The molecule has 0 aliphatic carbocycles. The number of rotatable bonds is 7. The largest absolute Gasteiger partial charge is 0.465 e. The van der Waals surface area contributed by atoms with Gasteiger partial charge in [0.2, 0.25) is 0 Å². The molecule has 7 nitrogen and oxygen atoms in total. The molecule has 3 aromatic rings. The summed E-state index contributed by atoms with van der Waals surface area (Å²) in [6.07, 6.45) is 2.94. The Labute approximate surface area is 228 Å². The molecule has 0 unspecified atom stereocenters. The standard InChI is InChI=1S/C32H31N3O4/c1-38-32(37)24-8-6-7-23(19-24)21-35-17-14-22(15-18-35)13-16-34-31(36)27(20-33)30-25-9-2-4-11-28(25)39-29-12-5-3-10-26(29)30/h2-12,19,22H,13-18,21H2,1H3,(H,34,36). The summed E-state index contributed by atoms with van der Waals surface area (Å²) in [5, 5.41) is 13.0. The Balaban J connectivity index is 1.18. The van der Waals surface area contributed by atoms with Gasteiger partial charge >= 0.3 is 5.97 Å². The van der Waals surface area contributed by atoms with Crippen LogP contribution in [0.15, 0.2) is 78.4 Å². The highest BCUT2D eigenvalue weighted by atomic mass is 16.5. The number of methoxy groups -OCH3 is 1. The van der Waals surface area contributed by atoms with Gasteiger partial charge in [0.15, 0.2) is 0 Å². The normalized spacial score (nSPS) is 14.8. The van der Waals surface area contributed by atoms with Crippen LogP contribution in [0.3, 0.4) is 0 Å². The number of piperidine rings is 1. The second-order valence-electron chi connectivity index (χ2n) is 9.91. The number of nitriles is 1. The molecular formula is C32H31N3O4. The highest BCUT2D eigenvalue weighted by Gasteiger charge is 2.27. The average molecular weight is 522 g/mol. The third-order valence-electron chi connectivity index (χ3n) is 7.42. The van der Waals surface area contributed by atoms with Crippen molar-refractivity contribution in [3.8, 4) is 17.6 Å². The topological polar surface area (TPSA) is 91.7 Å². The van der Waals surface area contributed by atoms with Crippen molar-refractivity contribution in [2.75, 3.05) is 26.7 Å². The number of nitrogens with one attached hydrogen (secondary N) is 1. The molecule has 1 N–H and O–H groups in total. The molecular weight excluding hydrogens is 490 g/mol. The Bertz CT molecular complexity index is 1400. The van der Waals surface area contributed by atoms with Gasteiger partial charge in [0, 0.05) is 29.8 Å². The van der Waals surface area contributed by atoms with Crippen LogP contribution in [0, 0.1) is 17.2 Å². The lowest BCUT2D eigenvalue weighted by Crippen LogP contribution is -2.35. The average Bonchev–Trinajstić information content (AvgIpc) is 2.97. The Morgan fingerprint density at radius 3 is 2.31 bits per heavy atom. The first-order chi connectivity index (χ1) is 19.1. The molecule has 0 spiro atoms. The first-order valence-corrected chi connectivity index (χ1v) is 13.3. The second-order valence-corrected chi connectivity index (χ2v) is 9.91. The van der Waals surface area contributed by atoms with Gasteiger partial charge in [-0.1, -0.05) is 48.5 Å². The molecule has 0 atom stereocenters. The molecule has 198 valence electrons. The molecule has 1 saturated heterocycles. The van der Waals surface area contributed by atoms with Crippen LogP contribution in [0.4, 0.5) is 0 Å². The van der Waals surface area contributed by atoms with E-state index in [1.807, 2.05) is 66.7 Å². The molecule has 0 aromatic heterocycles. The number of benzene rings is 3. The Kier molecular flexibility index (Phi) is 8.04. The minimum atomic E-state index is -0.359. The SMILES string of the molecule is COC(=O)c1cccc(CN2CCC(CCNC(=O)C(C#N)=C3c4ccccc4Oc4ccccc43)CC2)c1. The number of ether oxygens (including phenoxy) is 2. The Morgan fingerprint density at radius 1 is 1.00 bits per heavy atom. The number of nitrogens with zero attached hydrogens (tertiary/aromatic N) is 2. The van der Waals surface area contributed by atoms with E-state index in [9.17, 15) is 14.9 Å². The van der Waals surface area contributed by atoms with Gasteiger partial charge in [0.25, 0.3) is 5.91 Å². The highest BCUT2D eigenvalue weighted by Crippen LogP contribution is 2.44. The molecule has 1 fully saturated rings. The van der Waals surface area contributed by atoms with E-state index in [1.165, 1.54) is 7.11 Å². The molecule has 7 heteroatoms. The maximum absolute atomic E-state index is 13.2. The molecule has 0 bridgehead atoms. The first kappa shape index (κ1) is 26.2. The van der Waals surface area contributed by atoms with Crippen LogP contribution in [0.25, 0.3) is 5.57 Å². The summed E-state index contributed by atoms with van der Waals surface area (Å²) in [6.45, 7) is 3.23. The van der Waals surface area contributed by atoms with E-state index in [2.05, 4.69) is 16.3 Å². The van der Waals surface area contributed by atoms with E-state index >= 15 is 0 Å². The van der Waals surface area contributed by atoms with Crippen molar-refractivity contribution in [2.24, 2.45) is 5.92 Å². The number of likely N-dealkylation sites (tertiary alicyclic amines) is 1. The van der Waals surface area contributed by atoms with Crippen LogP contribution in [-0.4, -0.2) is 43.5 Å². The zero-order valence-corrected chi connectivity index (χ0v) is 22.0. The van der Waals surface area contributed by atoms with Crippen molar-refractivity contribution in [2.45, 2.75) is 25.8 Å². The maximum Gasteiger partial charge on any atom is 0.337 e. The minimum Gasteiger partial charge on any atom is -0.465 e. The van der Waals surface area contributed by atoms with Gasteiger partial charge in [0.1, 0.15) is 23.1 Å². The lowest BCUT2D eigenvalue weighted by molar-refractivity contribution is -0.117. The van der Waals surface area contributed by atoms with Crippen molar-refractivity contribution < 1.29 is 19.1 Å². The van der Waals surface area contributed by atoms with E-state index < -0.39 is 0 Å². The lowest BCUT2D eigenvalue weighted by atomic mass is 9.89. The number of hydrogen-bond donors (Lipinski definition) is 1. The van der Waals surface area contributed by atoms with Crippen molar-refractivity contribution in [1.82, 2.24) is 10.2 Å². The lowest BCUT2D eigenvalue weighted by Gasteiger charge is -2.32. The molecule has 5 rings (SSSR count). The van der Waals surface area contributed by atoms with Gasteiger partial charge in [0.05, 0.1) is 12.7 Å². The highest BCUT2D eigenvalue weighted by molar-refractivity contribution is 6.09. The molecule has 2 aliphatic rings. The fourth-order valence-corrected chi connectivity index (χ4v) is 5.36. The summed E-state index contributed by atoms with van der Waals surface area (Å²) in [5.74, 6) is 1.09. The van der Waals surface area contributed by atoms with Crippen molar-refractivity contribution in [3.63, 3.8) is 0 Å². The van der Waals surface area contributed by atoms with Crippen LogP contribution >= 0.6 is 0 Å². The van der Waals surface area contributed by atoms with Crippen LogP contribution in [-0.2, 0) is 16.1 Å². The number of hydrogen-bond acceptors (Lipinski definition) is 6. The summed E-state index contributed by atoms with van der Waals surface area (Å²) >= 11 is 0. The predicted molar refractivity (Wildman–Crippen MR) is 148 cm³/mol. The maximum atomic E-state index is 13.2. The van der Waals surface area contributed by atoms with Gasteiger partial charge in [-0.25, -0.2) is 4.79 Å². The Hall–Kier alpha value is -4.41. The van der Waals surface area contributed by atoms with Crippen molar-refractivity contribution in [3.05, 3.63) is 101 Å². The van der Waals surface area contributed by atoms with Crippen molar-refractivity contribution >= 4 is 17.4 Å². The van der Waals surface area contributed by atoms with E-state index in [0.717, 1.165) is 55.6 Å². The fourth-order valence-electron chi connectivity index (χ4n) is 5.36. The van der Waals surface area contributed by atoms with Gasteiger partial charge in [-0.2, -0.15) is 5.26 Å². The summed E-state index contributed by atoms with van der Waals surface area (Å²) in [6, 6.07) is 24.7. The van der Waals surface area contributed by atoms with Gasteiger partial charge in [-0.05, 0) is 68.1 Å². The van der Waals surface area contributed by atoms with Crippen LogP contribution in [0.2, 0.25) is 0 Å². The van der Waals surface area contributed by atoms with E-state index in [1.54, 1.807) is 6.07 Å². The van der Waals surface area contributed by atoms with Crippen molar-refractivity contribution in [1.29, 1.82) is 5.26 Å². The quantitative estimate of drug-likeness (QED) is 0.201. The van der Waals surface area contributed by atoms with Crippen LogP contribution in [0.1, 0.15) is 46.3 Å². The smallest absolute Gasteiger partial charge is 0.337 e. The van der Waals surface area contributed by atoms with Gasteiger partial charge in [-0.3, -0.25) is 9.69 Å². The summed E-state index contributed by atoms with van der Waals surface area (Å²) in [5.41, 5.74) is 3.86. The molecule has 0 saturated carbocycles. The van der Waals surface area contributed by atoms with E-state index in [-0.39, 0.29) is 17.4 Å². The fraction of sp³-hybridized carbons (Fsp3) is 0.281. The number of fused-ring (bicyclic) bond motifs is 2. The number of carbonyl (C=O) groups is 2. The van der Waals surface area contributed by atoms with Gasteiger partial charge < -0.3 is 14.8 Å². The number of carbonyl (C=O) groups excluding carboxylic acids is 2. The van der Waals surface area contributed by atoms with Crippen LogP contribution in [0.5, 0.6) is 11.5 Å². The summed E-state index contributed by atoms with van der Waals surface area (Å²) < 4.78 is 10.8. The molecule has 0 radical (unpaired) electrons. The second kappa shape index (κ2) is 12.0. The number of amides is 1. The minimum absolute atomic E-state index is 0.0993. The molecule has 2 heterocycles. The monoisotopic (exact) mass is 521 g/mol. The zero-order valence-electron chi connectivity index (χ0n) is 22.0. The van der Waals surface area contributed by atoms with E-state index in [4.69, 9.17) is 9.47 Å². The summed E-state index contributed by atoms with van der Waals surface area (Å²) in [4.78, 5) is 27.4. The predicted octanol–water partition coefficient (Wildman–Crippen LogP) is 5.32. The van der Waals surface area contributed by atoms with Crippen LogP contribution < -0.4 is 10.1 Å². The molecule has 2 aliphatic heterocycles. The number of esters is 1. The molecule has 3 aromatic carbocycles. The first-order valence-electron chi connectivity index (χ1n) is 13.3. The molecule has 1 amide bonds. The summed E-state index contributed by atoms with van der Waals surface area (Å²) in [7, 11) is 1.39. The van der Waals surface area contributed by atoms with Gasteiger partial charge in [-0.15, -0.1) is 0 Å². The molecule has 39 heavy (non-hydrogen) atoms. The third kappa shape index (κ3) is 5.87. The zero-order chi connectivity index (χ0) is 27.2. The Morgan fingerprint density at radius 2 is 1.67 bits per heavy atom. The number of para-hydroxylation sites is 2. The van der Waals surface area contributed by atoms with E-state index in [0.29, 0.717) is 35.1 Å². The third-order valence-corrected chi connectivity index (χ3v) is 7.42.